The van der Waals surface area contributed by atoms with Gasteiger partial charge in [0.1, 0.15) is 11.6 Å². The highest BCUT2D eigenvalue weighted by Crippen LogP contribution is 2.36. The number of halogens is 1. The van der Waals surface area contributed by atoms with Gasteiger partial charge in [0.05, 0.1) is 22.5 Å². The van der Waals surface area contributed by atoms with Gasteiger partial charge in [-0.1, -0.05) is 44.4 Å². The second-order valence-electron chi connectivity index (χ2n) is 8.84. The molecule has 0 saturated carbocycles. The SMILES string of the molecule is CCCC(CCC)Nc1nc(C)nc2c1c(C(=O)CCl)c(C)n2-c1c(C)cc(C)cc1C. The molecule has 0 unspecified atom stereocenters. The largest absolute Gasteiger partial charge is 0.367 e. The van der Waals surface area contributed by atoms with Crippen LogP contribution in [0.4, 0.5) is 5.82 Å². The van der Waals surface area contributed by atoms with Crippen LogP contribution in [0, 0.1) is 34.6 Å². The highest BCUT2D eigenvalue weighted by molar-refractivity contribution is 6.32. The third-order valence-corrected chi connectivity index (χ3v) is 6.28. The summed E-state index contributed by atoms with van der Waals surface area (Å²) in [7, 11) is 0. The zero-order chi connectivity index (χ0) is 23.6. The number of Topliss-reactive ketones (excluding diaryl/α,β-unsaturated/α-hetero) is 1. The number of ketones is 1. The van der Waals surface area contributed by atoms with E-state index in [0.29, 0.717) is 17.4 Å². The van der Waals surface area contributed by atoms with Crippen LogP contribution in [0.1, 0.15) is 78.1 Å². The Labute approximate surface area is 196 Å². The van der Waals surface area contributed by atoms with Crippen molar-refractivity contribution >= 4 is 34.2 Å². The van der Waals surface area contributed by atoms with Crippen LogP contribution >= 0.6 is 11.6 Å². The predicted molar refractivity (Wildman–Crippen MR) is 135 cm³/mol. The summed E-state index contributed by atoms with van der Waals surface area (Å²) in [6.45, 7) is 14.6. The fourth-order valence-corrected chi connectivity index (χ4v) is 5.03. The monoisotopic (exact) mass is 454 g/mol. The lowest BCUT2D eigenvalue weighted by atomic mass is 10.0. The first kappa shape index (κ1) is 24.2. The maximum Gasteiger partial charge on any atom is 0.180 e. The molecular weight excluding hydrogens is 420 g/mol. The standard InChI is InChI=1S/C26H35ClN4O/c1-8-10-20(11-9-2)30-25-23-22(21(32)14-27)18(6)31(26(23)29-19(7)28-25)24-16(4)12-15(3)13-17(24)5/h12-13,20H,8-11,14H2,1-7H3,(H,28,29,30). The molecule has 0 saturated heterocycles. The topological polar surface area (TPSA) is 59.8 Å². The Morgan fingerprint density at radius 2 is 1.62 bits per heavy atom. The van der Waals surface area contributed by atoms with Crippen LogP contribution in [0.2, 0.25) is 0 Å². The van der Waals surface area contributed by atoms with Crippen LogP contribution in [0.3, 0.4) is 0 Å². The average molecular weight is 455 g/mol. The van der Waals surface area contributed by atoms with Crippen molar-refractivity contribution in [2.75, 3.05) is 11.2 Å². The van der Waals surface area contributed by atoms with Gasteiger partial charge in [0, 0.05) is 11.7 Å². The summed E-state index contributed by atoms with van der Waals surface area (Å²) in [6, 6.07) is 4.64. The number of benzene rings is 1. The highest BCUT2D eigenvalue weighted by atomic mass is 35.5. The van der Waals surface area contributed by atoms with Crippen LogP contribution in [-0.2, 0) is 0 Å². The molecular formula is C26H35ClN4O. The molecule has 5 nitrogen and oxygen atoms in total. The fraction of sp³-hybridized carbons (Fsp3) is 0.500. The van der Waals surface area contributed by atoms with Gasteiger partial charge in [0.2, 0.25) is 0 Å². The molecule has 0 fully saturated rings. The maximum absolute atomic E-state index is 13.1. The van der Waals surface area contributed by atoms with Crippen molar-refractivity contribution in [1.82, 2.24) is 14.5 Å². The van der Waals surface area contributed by atoms with Gasteiger partial charge in [-0.25, -0.2) is 9.97 Å². The van der Waals surface area contributed by atoms with Crippen LogP contribution in [0.25, 0.3) is 16.7 Å². The quantitative estimate of drug-likeness (QED) is 0.286. The number of nitrogens with zero attached hydrogens (tertiary/aromatic N) is 3. The van der Waals surface area contributed by atoms with Crippen molar-refractivity contribution in [1.29, 1.82) is 0 Å². The molecule has 1 aromatic carbocycles. The van der Waals surface area contributed by atoms with Gasteiger partial charge < -0.3 is 5.32 Å². The van der Waals surface area contributed by atoms with Crippen molar-refractivity contribution in [2.45, 2.75) is 80.2 Å². The molecule has 0 radical (unpaired) electrons. The van der Waals surface area contributed by atoms with Crippen LogP contribution < -0.4 is 5.32 Å². The van der Waals surface area contributed by atoms with E-state index in [4.69, 9.17) is 21.6 Å². The number of anilines is 1. The molecule has 3 aromatic rings. The third-order valence-electron chi connectivity index (χ3n) is 6.04. The Morgan fingerprint density at radius 1 is 1.03 bits per heavy atom. The third kappa shape index (κ3) is 4.54. The number of hydrogen-bond donors (Lipinski definition) is 1. The maximum atomic E-state index is 13.1. The molecule has 0 aliphatic carbocycles. The Morgan fingerprint density at radius 3 is 2.16 bits per heavy atom. The summed E-state index contributed by atoms with van der Waals surface area (Å²) < 4.78 is 2.12. The molecule has 6 heteroatoms. The first-order chi connectivity index (χ1) is 15.2. The zero-order valence-electron chi connectivity index (χ0n) is 20.4. The minimum atomic E-state index is -0.103. The van der Waals surface area contributed by atoms with Crippen LogP contribution in [0.5, 0.6) is 0 Å². The van der Waals surface area contributed by atoms with Crippen LogP contribution in [0.15, 0.2) is 12.1 Å². The Kier molecular flexibility index (Phi) is 7.60. The van der Waals surface area contributed by atoms with Crippen LogP contribution in [-0.4, -0.2) is 32.2 Å². The Hall–Kier alpha value is -2.40. The summed E-state index contributed by atoms with van der Waals surface area (Å²) in [5.41, 5.74) is 6.79. The van der Waals surface area contributed by atoms with Gasteiger partial charge in [0.25, 0.3) is 0 Å². The average Bonchev–Trinajstić information content (AvgIpc) is 2.99. The van der Waals surface area contributed by atoms with Gasteiger partial charge in [0.15, 0.2) is 11.4 Å². The molecule has 32 heavy (non-hydrogen) atoms. The smallest absolute Gasteiger partial charge is 0.180 e. The number of nitrogens with one attached hydrogen (secondary N) is 1. The molecule has 172 valence electrons. The summed E-state index contributed by atoms with van der Waals surface area (Å²) in [4.78, 5) is 22.7. The lowest BCUT2D eigenvalue weighted by Gasteiger charge is -2.19. The fourth-order valence-electron chi connectivity index (χ4n) is 4.89. The summed E-state index contributed by atoms with van der Waals surface area (Å²) >= 11 is 6.07. The van der Waals surface area contributed by atoms with Crippen molar-refractivity contribution in [2.24, 2.45) is 0 Å². The van der Waals surface area contributed by atoms with Crippen molar-refractivity contribution < 1.29 is 4.79 Å². The molecule has 2 heterocycles. The number of rotatable bonds is 9. The second-order valence-corrected chi connectivity index (χ2v) is 9.10. The summed E-state index contributed by atoms with van der Waals surface area (Å²) in [6.07, 6.45) is 4.26. The van der Waals surface area contributed by atoms with E-state index < -0.39 is 0 Å². The zero-order valence-corrected chi connectivity index (χ0v) is 21.2. The first-order valence-corrected chi connectivity index (χ1v) is 12.1. The molecule has 2 aromatic heterocycles. The number of aryl methyl sites for hydroxylation is 4. The minimum absolute atomic E-state index is 0.0769. The Balaban J connectivity index is 2.38. The van der Waals surface area contributed by atoms with E-state index in [1.54, 1.807) is 0 Å². The van der Waals surface area contributed by atoms with Crippen molar-refractivity contribution in [3.8, 4) is 5.69 Å². The molecule has 0 aliphatic rings. The molecule has 0 aliphatic heterocycles. The summed E-state index contributed by atoms with van der Waals surface area (Å²) in [5.74, 6) is 1.23. The van der Waals surface area contributed by atoms with E-state index >= 15 is 0 Å². The van der Waals surface area contributed by atoms with Gasteiger partial charge >= 0.3 is 0 Å². The number of aromatic nitrogens is 3. The normalized spacial score (nSPS) is 11.5. The van der Waals surface area contributed by atoms with Gasteiger partial charge in [-0.15, -0.1) is 11.6 Å². The molecule has 0 atom stereocenters. The molecule has 3 rings (SSSR count). The lowest BCUT2D eigenvalue weighted by Crippen LogP contribution is -2.20. The van der Waals surface area contributed by atoms with E-state index in [-0.39, 0.29) is 11.7 Å². The second kappa shape index (κ2) is 10.0. The van der Waals surface area contributed by atoms with E-state index in [1.807, 2.05) is 13.8 Å². The number of carbonyl (C=O) groups excluding carboxylic acids is 1. The van der Waals surface area contributed by atoms with E-state index in [1.165, 1.54) is 5.56 Å². The minimum Gasteiger partial charge on any atom is -0.367 e. The van der Waals surface area contributed by atoms with E-state index in [2.05, 4.69) is 56.6 Å². The first-order valence-electron chi connectivity index (χ1n) is 11.6. The number of alkyl halides is 1. The lowest BCUT2D eigenvalue weighted by molar-refractivity contribution is 0.102. The molecule has 1 N–H and O–H groups in total. The number of carbonyl (C=O) groups is 1. The van der Waals surface area contributed by atoms with E-state index in [0.717, 1.165) is 65.0 Å². The van der Waals surface area contributed by atoms with E-state index in [9.17, 15) is 4.79 Å². The number of fused-ring (bicyclic) bond motifs is 1. The summed E-state index contributed by atoms with van der Waals surface area (Å²) in [5, 5.41) is 4.43. The highest BCUT2D eigenvalue weighted by Gasteiger charge is 2.27. The number of hydrogen-bond acceptors (Lipinski definition) is 4. The van der Waals surface area contributed by atoms with Gasteiger partial charge in [-0.05, 0) is 58.6 Å². The van der Waals surface area contributed by atoms with Crippen molar-refractivity contribution in [3.63, 3.8) is 0 Å². The van der Waals surface area contributed by atoms with Gasteiger partial charge in [-0.3, -0.25) is 9.36 Å². The molecule has 0 bridgehead atoms. The molecule has 0 amide bonds. The predicted octanol–water partition coefficient (Wildman–Crippen LogP) is 6.76. The van der Waals surface area contributed by atoms with Gasteiger partial charge in [-0.2, -0.15) is 0 Å². The van der Waals surface area contributed by atoms with Crippen molar-refractivity contribution in [3.05, 3.63) is 45.9 Å². The molecule has 0 spiro atoms. The Bertz CT molecular complexity index is 1120.